The number of halogens is 2. The quantitative estimate of drug-likeness (QED) is 0.711. The van der Waals surface area contributed by atoms with Gasteiger partial charge in [0.2, 0.25) is 0 Å². The standard InChI is InChI=1S/C21H25ClFNO4/c1-27-18-4-2-3-14(18)17(25)8-20-10-21(11-20,12-20)24-19(26)9-28-13-5-6-15(22)16(23)7-13/h5-7,14,18H,2-4,8-12H2,1H3,(H,24,26). The summed E-state index contributed by atoms with van der Waals surface area (Å²) in [6, 6.07) is 4.08. The molecule has 1 N–H and O–H groups in total. The molecule has 0 heterocycles. The lowest BCUT2D eigenvalue weighted by molar-refractivity contribution is -0.175. The van der Waals surface area contributed by atoms with Crippen molar-refractivity contribution in [3.05, 3.63) is 29.0 Å². The second-order valence-electron chi connectivity index (χ2n) is 8.68. The molecular weight excluding hydrogens is 385 g/mol. The lowest BCUT2D eigenvalue weighted by atomic mass is 9.38. The van der Waals surface area contributed by atoms with Crippen LogP contribution in [0.5, 0.6) is 5.75 Å². The number of benzene rings is 1. The molecule has 7 heteroatoms. The topological polar surface area (TPSA) is 64.6 Å². The predicted molar refractivity (Wildman–Crippen MR) is 102 cm³/mol. The molecule has 2 bridgehead atoms. The van der Waals surface area contributed by atoms with Gasteiger partial charge in [-0.05, 0) is 49.7 Å². The van der Waals surface area contributed by atoms with Crippen molar-refractivity contribution in [2.24, 2.45) is 11.3 Å². The fraction of sp³-hybridized carbons (Fsp3) is 0.619. The number of rotatable bonds is 8. The molecule has 152 valence electrons. The number of ether oxygens (including phenoxy) is 2. The molecule has 2 unspecified atom stereocenters. The van der Waals surface area contributed by atoms with E-state index >= 15 is 0 Å². The van der Waals surface area contributed by atoms with Crippen LogP contribution in [0.3, 0.4) is 0 Å². The molecule has 4 aliphatic carbocycles. The molecule has 4 aliphatic rings. The minimum atomic E-state index is -0.580. The van der Waals surface area contributed by atoms with Crippen molar-refractivity contribution in [2.45, 2.75) is 56.6 Å². The molecule has 0 aromatic heterocycles. The number of Topliss-reactive ketones (excluding diaryl/α,β-unsaturated/α-hetero) is 1. The number of nitrogens with one attached hydrogen (secondary N) is 1. The third-order valence-corrected chi connectivity index (χ3v) is 6.83. The van der Waals surface area contributed by atoms with E-state index in [-0.39, 0.29) is 46.3 Å². The van der Waals surface area contributed by atoms with Crippen LogP contribution in [-0.4, -0.2) is 37.0 Å². The largest absolute Gasteiger partial charge is 0.484 e. The van der Waals surface area contributed by atoms with Crippen molar-refractivity contribution in [2.75, 3.05) is 13.7 Å². The maximum Gasteiger partial charge on any atom is 0.258 e. The van der Waals surface area contributed by atoms with Gasteiger partial charge in [-0.1, -0.05) is 18.0 Å². The van der Waals surface area contributed by atoms with Gasteiger partial charge in [0.1, 0.15) is 17.3 Å². The zero-order valence-corrected chi connectivity index (χ0v) is 16.7. The molecule has 0 radical (unpaired) electrons. The number of carbonyl (C=O) groups excluding carboxylic acids is 2. The first kappa shape index (κ1) is 19.6. The number of methoxy groups -OCH3 is 1. The first-order valence-corrected chi connectivity index (χ1v) is 10.2. The van der Waals surface area contributed by atoms with E-state index in [1.165, 1.54) is 12.1 Å². The SMILES string of the molecule is COC1CCCC1C(=O)CC12CC(NC(=O)COc3ccc(Cl)c(F)c3)(C1)C2. The molecule has 1 aromatic carbocycles. The highest BCUT2D eigenvalue weighted by Gasteiger charge is 2.68. The van der Waals surface area contributed by atoms with E-state index in [9.17, 15) is 14.0 Å². The van der Waals surface area contributed by atoms with Gasteiger partial charge in [0, 0.05) is 31.1 Å². The Balaban J connectivity index is 1.21. The minimum absolute atomic E-state index is 0.0138. The number of amides is 1. The molecule has 1 amide bonds. The van der Waals surface area contributed by atoms with Crippen LogP contribution in [-0.2, 0) is 14.3 Å². The Morgan fingerprint density at radius 1 is 1.29 bits per heavy atom. The number of carbonyl (C=O) groups is 2. The van der Waals surface area contributed by atoms with Crippen LogP contribution < -0.4 is 10.1 Å². The first-order valence-electron chi connectivity index (χ1n) is 9.78. The zero-order valence-electron chi connectivity index (χ0n) is 15.9. The van der Waals surface area contributed by atoms with Crippen LogP contribution in [0.25, 0.3) is 0 Å². The van der Waals surface area contributed by atoms with Crippen LogP contribution >= 0.6 is 11.6 Å². The summed E-state index contributed by atoms with van der Waals surface area (Å²) in [5.74, 6) is -0.190. The fourth-order valence-corrected chi connectivity index (χ4v) is 5.56. The van der Waals surface area contributed by atoms with E-state index in [4.69, 9.17) is 21.1 Å². The van der Waals surface area contributed by atoms with E-state index in [1.807, 2.05) is 0 Å². The fourth-order valence-electron chi connectivity index (χ4n) is 5.44. The lowest BCUT2D eigenvalue weighted by Gasteiger charge is -2.70. The molecular formula is C21H25ClFNO4. The lowest BCUT2D eigenvalue weighted by Crippen LogP contribution is -2.75. The predicted octanol–water partition coefficient (Wildman–Crippen LogP) is 3.67. The highest BCUT2D eigenvalue weighted by molar-refractivity contribution is 6.30. The van der Waals surface area contributed by atoms with Gasteiger partial charge in [0.25, 0.3) is 5.91 Å². The Morgan fingerprint density at radius 2 is 2.04 bits per heavy atom. The van der Waals surface area contributed by atoms with Crippen LogP contribution in [0, 0.1) is 17.2 Å². The average Bonchev–Trinajstić information content (AvgIpc) is 3.08. The van der Waals surface area contributed by atoms with Crippen molar-refractivity contribution in [3.8, 4) is 5.75 Å². The second kappa shape index (κ2) is 7.30. The van der Waals surface area contributed by atoms with Gasteiger partial charge >= 0.3 is 0 Å². The minimum Gasteiger partial charge on any atom is -0.484 e. The highest BCUT2D eigenvalue weighted by Crippen LogP contribution is 2.69. The summed E-state index contributed by atoms with van der Waals surface area (Å²) in [5, 5.41) is 3.04. The van der Waals surface area contributed by atoms with E-state index in [0.29, 0.717) is 12.2 Å². The Bertz CT molecular complexity index is 779. The van der Waals surface area contributed by atoms with Gasteiger partial charge in [0.15, 0.2) is 6.61 Å². The maximum atomic E-state index is 13.4. The summed E-state index contributed by atoms with van der Waals surface area (Å²) in [6.45, 7) is -0.174. The van der Waals surface area contributed by atoms with E-state index in [2.05, 4.69) is 5.32 Å². The number of hydrogen-bond acceptors (Lipinski definition) is 4. The number of ketones is 1. The van der Waals surface area contributed by atoms with Crippen molar-refractivity contribution < 1.29 is 23.5 Å². The molecule has 2 atom stereocenters. The van der Waals surface area contributed by atoms with Crippen LogP contribution in [0.2, 0.25) is 5.02 Å². The summed E-state index contributed by atoms with van der Waals surface area (Å²) < 4.78 is 24.2. The van der Waals surface area contributed by atoms with Crippen molar-refractivity contribution in [3.63, 3.8) is 0 Å². The normalized spacial score (nSPS) is 33.0. The summed E-state index contributed by atoms with van der Waals surface area (Å²) in [4.78, 5) is 24.8. The molecule has 4 saturated carbocycles. The van der Waals surface area contributed by atoms with Gasteiger partial charge in [0.05, 0.1) is 11.1 Å². The van der Waals surface area contributed by atoms with E-state index in [1.54, 1.807) is 7.11 Å². The summed E-state index contributed by atoms with van der Waals surface area (Å²) in [7, 11) is 1.68. The van der Waals surface area contributed by atoms with Crippen molar-refractivity contribution >= 4 is 23.3 Å². The molecule has 0 aliphatic heterocycles. The number of hydrogen-bond donors (Lipinski definition) is 1. The zero-order chi connectivity index (χ0) is 19.9. The van der Waals surface area contributed by atoms with Gasteiger partial charge in [-0.15, -0.1) is 0 Å². The monoisotopic (exact) mass is 409 g/mol. The molecule has 5 nitrogen and oxygen atoms in total. The van der Waals surface area contributed by atoms with Crippen LogP contribution in [0.1, 0.15) is 44.9 Å². The van der Waals surface area contributed by atoms with E-state index in [0.717, 1.165) is 44.6 Å². The Hall–Kier alpha value is -1.66. The Labute approximate surface area is 168 Å². The average molecular weight is 410 g/mol. The van der Waals surface area contributed by atoms with Gasteiger partial charge in [-0.2, -0.15) is 0 Å². The molecule has 0 spiro atoms. The van der Waals surface area contributed by atoms with Gasteiger partial charge in [-0.25, -0.2) is 4.39 Å². The second-order valence-corrected chi connectivity index (χ2v) is 9.09. The highest BCUT2D eigenvalue weighted by atomic mass is 35.5. The maximum absolute atomic E-state index is 13.4. The summed E-state index contributed by atoms with van der Waals surface area (Å²) in [6.07, 6.45) is 6.15. The molecule has 0 saturated heterocycles. The summed E-state index contributed by atoms with van der Waals surface area (Å²) in [5.41, 5.74) is -0.131. The van der Waals surface area contributed by atoms with Crippen molar-refractivity contribution in [1.29, 1.82) is 0 Å². The Morgan fingerprint density at radius 3 is 2.71 bits per heavy atom. The van der Waals surface area contributed by atoms with Gasteiger partial charge in [-0.3, -0.25) is 9.59 Å². The van der Waals surface area contributed by atoms with Crippen LogP contribution in [0.4, 0.5) is 4.39 Å². The molecule has 4 fully saturated rings. The molecule has 5 rings (SSSR count). The van der Waals surface area contributed by atoms with Gasteiger partial charge < -0.3 is 14.8 Å². The third kappa shape index (κ3) is 3.64. The molecule has 1 aromatic rings. The smallest absolute Gasteiger partial charge is 0.258 e. The van der Waals surface area contributed by atoms with Crippen LogP contribution in [0.15, 0.2) is 18.2 Å². The van der Waals surface area contributed by atoms with E-state index < -0.39 is 5.82 Å². The first-order chi connectivity index (χ1) is 13.3. The van der Waals surface area contributed by atoms with Crippen molar-refractivity contribution in [1.82, 2.24) is 5.32 Å². The summed E-state index contributed by atoms with van der Waals surface area (Å²) >= 11 is 5.63. The molecule has 28 heavy (non-hydrogen) atoms. The Kier molecular flexibility index (Phi) is 5.12. The third-order valence-electron chi connectivity index (χ3n) is 6.52.